The maximum absolute atomic E-state index is 13.0. The topological polar surface area (TPSA) is 42.4 Å². The molecule has 2 heterocycles. The maximum atomic E-state index is 13.0. The Morgan fingerprint density at radius 2 is 2.04 bits per heavy atom. The van der Waals surface area contributed by atoms with Crippen molar-refractivity contribution in [2.75, 3.05) is 18.1 Å². The van der Waals surface area contributed by atoms with E-state index in [1.165, 1.54) is 12.8 Å². The summed E-state index contributed by atoms with van der Waals surface area (Å²) in [6.45, 7) is 1.46. The molecule has 1 aromatic heterocycles. The molecule has 2 aliphatic rings. The summed E-state index contributed by atoms with van der Waals surface area (Å²) in [5.41, 5.74) is 0.976. The number of thiazole rings is 1. The smallest absolute Gasteiger partial charge is 0.231 e. The quantitative estimate of drug-likeness (QED) is 0.851. The molecular formula is C18H22N2O2S. The molecule has 0 unspecified atom stereocenters. The number of rotatable bonds is 4. The molecule has 2 fully saturated rings. The molecule has 1 aliphatic heterocycles. The van der Waals surface area contributed by atoms with Crippen molar-refractivity contribution < 1.29 is 9.53 Å². The van der Waals surface area contributed by atoms with Crippen molar-refractivity contribution in [3.05, 3.63) is 24.3 Å². The Hall–Kier alpha value is -1.46. The highest BCUT2D eigenvalue weighted by atomic mass is 32.1. The van der Waals surface area contributed by atoms with E-state index in [-0.39, 0.29) is 17.9 Å². The summed E-state index contributed by atoms with van der Waals surface area (Å²) in [5.74, 6) is 0.417. The summed E-state index contributed by atoms with van der Waals surface area (Å²) in [4.78, 5) is 19.7. The molecule has 122 valence electrons. The first kappa shape index (κ1) is 15.1. The molecule has 0 spiro atoms. The first-order chi connectivity index (χ1) is 11.3. The summed E-state index contributed by atoms with van der Waals surface area (Å²) < 4.78 is 6.91. The van der Waals surface area contributed by atoms with Gasteiger partial charge in [-0.05, 0) is 37.8 Å². The van der Waals surface area contributed by atoms with Crippen LogP contribution < -0.4 is 4.90 Å². The predicted octanol–water partition coefficient (Wildman–Crippen LogP) is 4.00. The minimum atomic E-state index is 0.160. The molecule has 4 nitrogen and oxygen atoms in total. The van der Waals surface area contributed by atoms with Gasteiger partial charge in [-0.2, -0.15) is 0 Å². The van der Waals surface area contributed by atoms with Gasteiger partial charge in [0.1, 0.15) is 0 Å². The molecular weight excluding hydrogens is 308 g/mol. The standard InChI is InChI=1S/C18H22N2O2S/c21-17(13-6-1-2-7-13)20(12-14-8-5-11-22-14)18-19-15-9-3-4-10-16(15)23-18/h3-4,9-10,13-14H,1-2,5-8,11-12H2/t14-/m0/s1. The van der Waals surface area contributed by atoms with E-state index in [9.17, 15) is 4.79 Å². The SMILES string of the molecule is O=C(C1CCCC1)N(C[C@@H]1CCCO1)c1nc2ccccc2s1. The third-order valence-corrected chi connectivity index (χ3v) is 5.95. The fourth-order valence-corrected chi connectivity index (χ4v) is 4.60. The lowest BCUT2D eigenvalue weighted by atomic mass is 10.1. The minimum Gasteiger partial charge on any atom is -0.376 e. The van der Waals surface area contributed by atoms with Gasteiger partial charge in [-0.25, -0.2) is 4.98 Å². The van der Waals surface area contributed by atoms with Gasteiger partial charge in [0.05, 0.1) is 22.9 Å². The average molecular weight is 330 g/mol. The molecule has 23 heavy (non-hydrogen) atoms. The van der Waals surface area contributed by atoms with Crippen LogP contribution in [-0.4, -0.2) is 30.1 Å². The van der Waals surface area contributed by atoms with Crippen LogP contribution in [0.2, 0.25) is 0 Å². The highest BCUT2D eigenvalue weighted by molar-refractivity contribution is 7.22. The minimum absolute atomic E-state index is 0.160. The van der Waals surface area contributed by atoms with E-state index in [1.54, 1.807) is 11.3 Å². The molecule has 1 amide bonds. The normalized spacial score (nSPS) is 22.0. The highest BCUT2D eigenvalue weighted by Crippen LogP contribution is 2.33. The Morgan fingerprint density at radius 1 is 1.22 bits per heavy atom. The fraction of sp³-hybridized carbons (Fsp3) is 0.556. The highest BCUT2D eigenvalue weighted by Gasteiger charge is 2.32. The van der Waals surface area contributed by atoms with Gasteiger partial charge in [0.25, 0.3) is 0 Å². The van der Waals surface area contributed by atoms with Gasteiger partial charge >= 0.3 is 0 Å². The summed E-state index contributed by atoms with van der Waals surface area (Å²) in [6.07, 6.45) is 6.67. The van der Waals surface area contributed by atoms with E-state index in [0.717, 1.165) is 47.6 Å². The number of carbonyl (C=O) groups is 1. The van der Waals surface area contributed by atoms with Crippen molar-refractivity contribution in [2.45, 2.75) is 44.6 Å². The van der Waals surface area contributed by atoms with Crippen molar-refractivity contribution in [3.63, 3.8) is 0 Å². The van der Waals surface area contributed by atoms with Crippen LogP contribution in [0.4, 0.5) is 5.13 Å². The first-order valence-electron chi connectivity index (χ1n) is 8.60. The van der Waals surface area contributed by atoms with Crippen molar-refractivity contribution in [3.8, 4) is 0 Å². The third kappa shape index (κ3) is 3.12. The summed E-state index contributed by atoms with van der Waals surface area (Å²) in [7, 11) is 0. The number of hydrogen-bond donors (Lipinski definition) is 0. The fourth-order valence-electron chi connectivity index (χ4n) is 3.62. The lowest BCUT2D eigenvalue weighted by Gasteiger charge is -2.25. The van der Waals surface area contributed by atoms with Crippen LogP contribution in [0.25, 0.3) is 10.2 Å². The number of ether oxygens (including phenoxy) is 1. The van der Waals surface area contributed by atoms with Crippen molar-refractivity contribution >= 4 is 32.6 Å². The zero-order valence-electron chi connectivity index (χ0n) is 13.2. The zero-order chi connectivity index (χ0) is 15.6. The van der Waals surface area contributed by atoms with Gasteiger partial charge in [-0.1, -0.05) is 36.3 Å². The Bertz CT molecular complexity index is 654. The van der Waals surface area contributed by atoms with Crippen LogP contribution in [0.5, 0.6) is 0 Å². The van der Waals surface area contributed by atoms with Gasteiger partial charge in [0.2, 0.25) is 5.91 Å². The van der Waals surface area contributed by atoms with Gasteiger partial charge < -0.3 is 4.74 Å². The third-order valence-electron chi connectivity index (χ3n) is 4.89. The molecule has 1 atom stereocenters. The Morgan fingerprint density at radius 3 is 2.78 bits per heavy atom. The van der Waals surface area contributed by atoms with E-state index in [2.05, 4.69) is 6.07 Å². The monoisotopic (exact) mass is 330 g/mol. The van der Waals surface area contributed by atoms with Crippen molar-refractivity contribution in [1.29, 1.82) is 0 Å². The van der Waals surface area contributed by atoms with Gasteiger partial charge in [0.15, 0.2) is 5.13 Å². The maximum Gasteiger partial charge on any atom is 0.231 e. The number of carbonyl (C=O) groups excluding carboxylic acids is 1. The molecule has 0 radical (unpaired) electrons. The number of anilines is 1. The van der Waals surface area contributed by atoms with Crippen LogP contribution in [0.3, 0.4) is 0 Å². The number of nitrogens with zero attached hydrogens (tertiary/aromatic N) is 2. The first-order valence-corrected chi connectivity index (χ1v) is 9.41. The van der Waals surface area contributed by atoms with E-state index < -0.39 is 0 Å². The Kier molecular flexibility index (Phi) is 4.31. The van der Waals surface area contributed by atoms with E-state index >= 15 is 0 Å². The van der Waals surface area contributed by atoms with E-state index in [4.69, 9.17) is 9.72 Å². The molecule has 2 aromatic rings. The molecule has 1 aromatic carbocycles. The molecule has 0 bridgehead atoms. The lowest BCUT2D eigenvalue weighted by Crippen LogP contribution is -2.40. The Balaban J connectivity index is 1.63. The number of hydrogen-bond acceptors (Lipinski definition) is 4. The van der Waals surface area contributed by atoms with Crippen LogP contribution in [0.1, 0.15) is 38.5 Å². The van der Waals surface area contributed by atoms with E-state index in [1.807, 2.05) is 23.1 Å². The van der Waals surface area contributed by atoms with Crippen LogP contribution in [-0.2, 0) is 9.53 Å². The van der Waals surface area contributed by atoms with E-state index in [0.29, 0.717) is 6.54 Å². The molecule has 1 saturated heterocycles. The number of amides is 1. The predicted molar refractivity (Wildman–Crippen MR) is 92.9 cm³/mol. The van der Waals surface area contributed by atoms with Crippen LogP contribution in [0.15, 0.2) is 24.3 Å². The summed E-state index contributed by atoms with van der Waals surface area (Å²) in [5, 5.41) is 0.832. The second-order valence-corrected chi connectivity index (χ2v) is 7.54. The second-order valence-electron chi connectivity index (χ2n) is 6.53. The summed E-state index contributed by atoms with van der Waals surface area (Å²) in [6, 6.07) is 8.10. The molecule has 4 rings (SSSR count). The van der Waals surface area contributed by atoms with Crippen molar-refractivity contribution in [2.24, 2.45) is 5.92 Å². The number of fused-ring (bicyclic) bond motifs is 1. The Labute approximate surface area is 140 Å². The average Bonchev–Trinajstić information content (AvgIpc) is 3.32. The molecule has 1 aliphatic carbocycles. The van der Waals surface area contributed by atoms with Gasteiger partial charge in [0, 0.05) is 12.5 Å². The van der Waals surface area contributed by atoms with Crippen molar-refractivity contribution in [1.82, 2.24) is 4.98 Å². The number of aromatic nitrogens is 1. The molecule has 5 heteroatoms. The van der Waals surface area contributed by atoms with Gasteiger partial charge in [-0.15, -0.1) is 0 Å². The van der Waals surface area contributed by atoms with Gasteiger partial charge in [-0.3, -0.25) is 9.69 Å². The molecule has 0 N–H and O–H groups in total. The largest absolute Gasteiger partial charge is 0.376 e. The van der Waals surface area contributed by atoms with Crippen LogP contribution >= 0.6 is 11.3 Å². The number of benzene rings is 1. The lowest BCUT2D eigenvalue weighted by molar-refractivity contribution is -0.122. The zero-order valence-corrected chi connectivity index (χ0v) is 14.1. The summed E-state index contributed by atoms with van der Waals surface area (Å²) >= 11 is 1.61. The molecule has 1 saturated carbocycles. The van der Waals surface area contributed by atoms with Crippen LogP contribution in [0, 0.1) is 5.92 Å². The number of para-hydroxylation sites is 1. The second kappa shape index (κ2) is 6.57.